The van der Waals surface area contributed by atoms with Gasteiger partial charge in [-0.2, -0.15) is 13.5 Å². The van der Waals surface area contributed by atoms with Crippen molar-refractivity contribution in [2.45, 2.75) is 24.9 Å². The molecule has 3 rings (SSSR count). The average molecular weight is 341 g/mol. The number of rotatable bonds is 4. The van der Waals surface area contributed by atoms with Crippen LogP contribution < -0.4 is 5.32 Å². The van der Waals surface area contributed by atoms with E-state index in [1.807, 2.05) is 6.07 Å². The zero-order valence-electron chi connectivity index (χ0n) is 12.0. The van der Waals surface area contributed by atoms with Gasteiger partial charge in [-0.3, -0.25) is 9.35 Å². The van der Waals surface area contributed by atoms with E-state index in [4.69, 9.17) is 4.55 Å². The Kier molecular flexibility index (Phi) is 3.96. The van der Waals surface area contributed by atoms with Crippen molar-refractivity contribution in [1.82, 2.24) is 9.96 Å². The molecule has 1 aromatic rings. The summed E-state index contributed by atoms with van der Waals surface area (Å²) >= 11 is 0. The van der Waals surface area contributed by atoms with E-state index in [0.29, 0.717) is 23.6 Å². The molecule has 124 valence electrons. The molecule has 2 fully saturated rings. The normalized spacial score (nSPS) is 24.0. The minimum absolute atomic E-state index is 0.168. The molecule has 0 aliphatic carbocycles. The van der Waals surface area contributed by atoms with Gasteiger partial charge in [0.25, 0.3) is 0 Å². The van der Waals surface area contributed by atoms with Crippen LogP contribution in [0.4, 0.5) is 10.5 Å². The van der Waals surface area contributed by atoms with Gasteiger partial charge in [-0.05, 0) is 25.0 Å². The van der Waals surface area contributed by atoms with Crippen molar-refractivity contribution in [2.75, 3.05) is 11.9 Å². The molecule has 23 heavy (non-hydrogen) atoms. The molecule has 2 atom stereocenters. The molecule has 0 spiro atoms. The maximum Gasteiger partial charge on any atom is 0.418 e. The lowest BCUT2D eigenvalue weighted by molar-refractivity contribution is -0.120. The fourth-order valence-corrected chi connectivity index (χ4v) is 3.24. The van der Waals surface area contributed by atoms with Crippen molar-refractivity contribution in [2.24, 2.45) is 0 Å². The van der Waals surface area contributed by atoms with Crippen molar-refractivity contribution < 1.29 is 26.8 Å². The summed E-state index contributed by atoms with van der Waals surface area (Å²) in [4.78, 5) is 25.8. The number of carbonyl (C=O) groups excluding carboxylic acids is 2. The van der Waals surface area contributed by atoms with E-state index in [1.165, 1.54) is 4.90 Å². The number of amides is 3. The SMILES string of the molecule is O=C(Nc1ccccc1)[C@@H]1CC[C@H]2CN1C(=O)N2OS(=O)(=O)O. The number of nitrogens with one attached hydrogen (secondary N) is 1. The highest BCUT2D eigenvalue weighted by Crippen LogP contribution is 2.31. The Labute approximate surface area is 132 Å². The number of anilines is 1. The van der Waals surface area contributed by atoms with Crippen LogP contribution in [0.3, 0.4) is 0 Å². The number of hydrogen-bond acceptors (Lipinski definition) is 5. The first-order chi connectivity index (χ1) is 10.8. The van der Waals surface area contributed by atoms with E-state index >= 15 is 0 Å². The standard InChI is InChI=1S/C13H15N3O6S/c17-12(14-9-4-2-1-3-5-9)11-7-6-10-8-15(11)13(18)16(10)22-23(19,20)21/h1-5,10-11H,6-8H2,(H,14,17)(H,19,20,21)/t10-,11-/m0/s1. The van der Waals surface area contributed by atoms with Gasteiger partial charge >= 0.3 is 16.4 Å². The molecular weight excluding hydrogens is 326 g/mol. The number of hydroxylamine groups is 2. The zero-order valence-corrected chi connectivity index (χ0v) is 12.8. The number of nitrogens with zero attached hydrogens (tertiary/aromatic N) is 2. The molecule has 1 aromatic carbocycles. The second-order valence-corrected chi connectivity index (χ2v) is 6.37. The van der Waals surface area contributed by atoms with Gasteiger partial charge in [0, 0.05) is 12.2 Å². The Bertz CT molecular complexity index is 722. The summed E-state index contributed by atoms with van der Waals surface area (Å²) in [5, 5.41) is 3.33. The summed E-state index contributed by atoms with van der Waals surface area (Å²) in [6, 6.07) is 6.84. The van der Waals surface area contributed by atoms with Crippen LogP contribution in [0.2, 0.25) is 0 Å². The van der Waals surface area contributed by atoms with Gasteiger partial charge in [-0.15, -0.1) is 4.28 Å². The van der Waals surface area contributed by atoms with Crippen molar-refractivity contribution in [3.63, 3.8) is 0 Å². The number of piperidine rings is 1. The summed E-state index contributed by atoms with van der Waals surface area (Å²) in [6.45, 7) is 0.168. The quantitative estimate of drug-likeness (QED) is 0.776. The molecule has 0 radical (unpaired) electrons. The fourth-order valence-electron chi connectivity index (χ4n) is 2.85. The lowest BCUT2D eigenvalue weighted by Gasteiger charge is -2.29. The van der Waals surface area contributed by atoms with Gasteiger partial charge in [0.05, 0.1) is 6.04 Å². The van der Waals surface area contributed by atoms with Crippen LogP contribution in [0, 0.1) is 0 Å². The van der Waals surface area contributed by atoms with E-state index in [9.17, 15) is 18.0 Å². The maximum absolute atomic E-state index is 12.4. The predicted octanol–water partition coefficient (Wildman–Crippen LogP) is 0.628. The molecule has 0 saturated carbocycles. The molecule has 2 bridgehead atoms. The van der Waals surface area contributed by atoms with Crippen LogP contribution in [0.15, 0.2) is 30.3 Å². The highest BCUT2D eigenvalue weighted by Gasteiger charge is 2.49. The Morgan fingerprint density at radius 1 is 1.26 bits per heavy atom. The van der Waals surface area contributed by atoms with Crippen LogP contribution in [0.25, 0.3) is 0 Å². The largest absolute Gasteiger partial charge is 0.418 e. The zero-order chi connectivity index (χ0) is 16.6. The Hall–Kier alpha value is -2.17. The van der Waals surface area contributed by atoms with E-state index in [1.54, 1.807) is 24.3 Å². The van der Waals surface area contributed by atoms with E-state index in [-0.39, 0.29) is 12.5 Å². The molecule has 2 N–H and O–H groups in total. The van der Waals surface area contributed by atoms with Gasteiger partial charge in [0.1, 0.15) is 6.04 Å². The fraction of sp³-hybridized carbons (Fsp3) is 0.385. The number of benzene rings is 1. The third-order valence-electron chi connectivity index (χ3n) is 3.84. The number of carbonyl (C=O) groups is 2. The van der Waals surface area contributed by atoms with E-state index in [2.05, 4.69) is 9.60 Å². The minimum Gasteiger partial charge on any atom is -0.324 e. The molecule has 2 heterocycles. The lowest BCUT2D eigenvalue weighted by atomic mass is 10.0. The lowest BCUT2D eigenvalue weighted by Crippen LogP contribution is -2.47. The molecule has 0 unspecified atom stereocenters. The predicted molar refractivity (Wildman–Crippen MR) is 78.5 cm³/mol. The van der Waals surface area contributed by atoms with Crippen LogP contribution in [0.1, 0.15) is 12.8 Å². The topological polar surface area (TPSA) is 116 Å². The summed E-state index contributed by atoms with van der Waals surface area (Å²) in [6.07, 6.45) is 0.769. The minimum atomic E-state index is -4.79. The van der Waals surface area contributed by atoms with Gasteiger partial charge in [-0.1, -0.05) is 18.2 Å². The second kappa shape index (κ2) is 5.80. The van der Waals surface area contributed by atoms with Crippen LogP contribution in [-0.4, -0.2) is 53.5 Å². The van der Waals surface area contributed by atoms with Crippen molar-refractivity contribution >= 4 is 28.0 Å². The Morgan fingerprint density at radius 2 is 1.96 bits per heavy atom. The molecule has 2 saturated heterocycles. The third kappa shape index (κ3) is 3.28. The summed E-state index contributed by atoms with van der Waals surface area (Å²) < 4.78 is 34.7. The average Bonchev–Trinajstić information content (AvgIpc) is 2.72. The number of fused-ring (bicyclic) bond motifs is 2. The molecule has 0 aromatic heterocycles. The first-order valence-electron chi connectivity index (χ1n) is 6.98. The van der Waals surface area contributed by atoms with Gasteiger partial charge < -0.3 is 10.2 Å². The molecule has 2 aliphatic heterocycles. The van der Waals surface area contributed by atoms with E-state index in [0.717, 1.165) is 0 Å². The summed E-state index contributed by atoms with van der Waals surface area (Å²) in [5.74, 6) is -0.350. The van der Waals surface area contributed by atoms with Gasteiger partial charge in [0.15, 0.2) is 0 Å². The number of para-hydroxylation sites is 1. The Morgan fingerprint density at radius 3 is 2.61 bits per heavy atom. The van der Waals surface area contributed by atoms with Gasteiger partial charge in [-0.25, -0.2) is 4.79 Å². The summed E-state index contributed by atoms with van der Waals surface area (Å²) in [5.41, 5.74) is 0.609. The highest BCUT2D eigenvalue weighted by atomic mass is 32.3. The second-order valence-electron chi connectivity index (χ2n) is 5.37. The third-order valence-corrected chi connectivity index (χ3v) is 4.19. The molecule has 9 nitrogen and oxygen atoms in total. The number of urea groups is 1. The van der Waals surface area contributed by atoms with Crippen molar-refractivity contribution in [3.05, 3.63) is 30.3 Å². The molecular formula is C13H15N3O6S. The maximum atomic E-state index is 12.4. The number of hydrogen-bond donors (Lipinski definition) is 2. The Balaban J connectivity index is 1.72. The smallest absolute Gasteiger partial charge is 0.324 e. The van der Waals surface area contributed by atoms with E-state index < -0.39 is 28.5 Å². The van der Waals surface area contributed by atoms with Crippen LogP contribution in [-0.2, 0) is 19.5 Å². The van der Waals surface area contributed by atoms with Crippen LogP contribution >= 0.6 is 0 Å². The van der Waals surface area contributed by atoms with Crippen LogP contribution in [0.5, 0.6) is 0 Å². The van der Waals surface area contributed by atoms with Crippen molar-refractivity contribution in [1.29, 1.82) is 0 Å². The first-order valence-corrected chi connectivity index (χ1v) is 8.34. The summed E-state index contributed by atoms with van der Waals surface area (Å²) in [7, 11) is -4.79. The van der Waals surface area contributed by atoms with Crippen molar-refractivity contribution in [3.8, 4) is 0 Å². The first kappa shape index (κ1) is 15.7. The highest BCUT2D eigenvalue weighted by molar-refractivity contribution is 7.80. The van der Waals surface area contributed by atoms with Gasteiger partial charge in [0.2, 0.25) is 5.91 Å². The monoisotopic (exact) mass is 341 g/mol. The molecule has 10 heteroatoms. The molecule has 3 amide bonds. The molecule has 2 aliphatic rings.